The monoisotopic (exact) mass is 271 g/mol. The smallest absolute Gasteiger partial charge is 0.335 e. The van der Waals surface area contributed by atoms with Gasteiger partial charge in [-0.05, 0) is 24.4 Å². The summed E-state index contributed by atoms with van der Waals surface area (Å²) in [6.45, 7) is 0.741. The molecule has 1 aromatic rings. The molecule has 0 radical (unpaired) electrons. The van der Waals surface area contributed by atoms with Crippen molar-refractivity contribution in [2.45, 2.75) is 6.23 Å². The highest BCUT2D eigenvalue weighted by Crippen LogP contribution is 2.17. The van der Waals surface area contributed by atoms with Crippen LogP contribution in [0, 0.1) is 0 Å². The van der Waals surface area contributed by atoms with Crippen LogP contribution in [0.25, 0.3) is 0 Å². The summed E-state index contributed by atoms with van der Waals surface area (Å²) < 4.78 is 0. The molecule has 1 unspecified atom stereocenters. The van der Waals surface area contributed by atoms with Gasteiger partial charge in [-0.15, -0.1) is 0 Å². The first-order chi connectivity index (χ1) is 9.74. The van der Waals surface area contributed by atoms with E-state index in [0.717, 1.165) is 12.1 Å². The van der Waals surface area contributed by atoms with Crippen LogP contribution in [0.3, 0.4) is 0 Å². The number of hydrogen-bond acceptors (Lipinski definition) is 5. The van der Waals surface area contributed by atoms with E-state index in [-0.39, 0.29) is 5.56 Å². The highest BCUT2D eigenvalue weighted by Gasteiger charge is 2.22. The van der Waals surface area contributed by atoms with Crippen molar-refractivity contribution in [3.05, 3.63) is 59.3 Å². The Labute approximate surface area is 115 Å². The number of carboxylic acids is 1. The van der Waals surface area contributed by atoms with Crippen molar-refractivity contribution in [3.63, 3.8) is 0 Å². The number of carboxylic acid groups (broad SMARTS) is 1. The molecular formula is C14H13N3O3. The molecule has 0 fully saturated rings. The first-order valence-corrected chi connectivity index (χ1v) is 6.17. The molecule has 6 nitrogen and oxygen atoms in total. The van der Waals surface area contributed by atoms with Gasteiger partial charge in [-0.3, -0.25) is 0 Å². The van der Waals surface area contributed by atoms with E-state index in [0.29, 0.717) is 11.4 Å². The third-order valence-corrected chi connectivity index (χ3v) is 3.03. The quantitative estimate of drug-likeness (QED) is 0.765. The lowest BCUT2D eigenvalue weighted by Crippen LogP contribution is -2.21. The summed E-state index contributed by atoms with van der Waals surface area (Å²) in [5.74, 6) is -0.433. The highest BCUT2D eigenvalue weighted by atomic mass is 16.7. The van der Waals surface area contributed by atoms with E-state index in [1.807, 2.05) is 18.4 Å². The van der Waals surface area contributed by atoms with Crippen molar-refractivity contribution >= 4 is 11.8 Å². The average Bonchev–Trinajstić information content (AvgIpc) is 2.98. The molecular weight excluding hydrogens is 258 g/mol. The fourth-order valence-corrected chi connectivity index (χ4v) is 2.01. The standard InChI is InChI=1S/C14H13N3O3/c18-14(19)11-3-1-2-10(8-11)12-16-13(20-17-12)9-4-6-15-7-5-9/h1-6,8,13,15H,7H2,(H,16,17)(H,18,19). The van der Waals surface area contributed by atoms with E-state index in [9.17, 15) is 4.79 Å². The molecule has 0 bridgehead atoms. The molecule has 6 heteroatoms. The molecule has 102 valence electrons. The third-order valence-electron chi connectivity index (χ3n) is 3.03. The van der Waals surface area contributed by atoms with Gasteiger partial charge in [-0.25, -0.2) is 20.1 Å². The zero-order valence-electron chi connectivity index (χ0n) is 10.5. The Hall–Kier alpha value is -2.60. The Kier molecular flexibility index (Phi) is 3.22. The van der Waals surface area contributed by atoms with Gasteiger partial charge in [0.2, 0.25) is 6.23 Å². The Morgan fingerprint density at radius 1 is 1.45 bits per heavy atom. The Morgan fingerprint density at radius 2 is 2.35 bits per heavy atom. The first-order valence-electron chi connectivity index (χ1n) is 6.17. The lowest BCUT2D eigenvalue weighted by atomic mass is 10.1. The third kappa shape index (κ3) is 2.41. The number of aliphatic imine (C=N–C) groups is 1. The number of nitrogens with one attached hydrogen (secondary N) is 2. The first kappa shape index (κ1) is 12.4. The summed E-state index contributed by atoms with van der Waals surface area (Å²) in [5.41, 5.74) is 4.61. The number of carbonyl (C=O) groups is 1. The Balaban J connectivity index is 1.84. The maximum Gasteiger partial charge on any atom is 0.335 e. The normalized spacial score (nSPS) is 20.7. The van der Waals surface area contributed by atoms with Gasteiger partial charge in [0.15, 0.2) is 5.84 Å². The minimum Gasteiger partial charge on any atom is -0.478 e. The summed E-state index contributed by atoms with van der Waals surface area (Å²) in [6.07, 6.45) is 5.33. The van der Waals surface area contributed by atoms with Crippen LogP contribution < -0.4 is 10.8 Å². The molecule has 2 heterocycles. The van der Waals surface area contributed by atoms with E-state index in [1.165, 1.54) is 6.07 Å². The van der Waals surface area contributed by atoms with Crippen molar-refractivity contribution in [2.75, 3.05) is 6.54 Å². The molecule has 0 amide bonds. The van der Waals surface area contributed by atoms with Gasteiger partial charge in [0.05, 0.1) is 5.56 Å². The SMILES string of the molecule is O=C(O)c1cccc(C2=NC(C3=CCNC=C3)ON2)c1. The number of benzene rings is 1. The average molecular weight is 271 g/mol. The lowest BCUT2D eigenvalue weighted by molar-refractivity contribution is 0.0624. The number of dihydropyridines is 1. The van der Waals surface area contributed by atoms with Crippen LogP contribution in [0.2, 0.25) is 0 Å². The zero-order valence-corrected chi connectivity index (χ0v) is 10.5. The number of amidine groups is 1. The van der Waals surface area contributed by atoms with E-state index >= 15 is 0 Å². The number of hydroxylamine groups is 1. The largest absolute Gasteiger partial charge is 0.478 e. The molecule has 1 atom stereocenters. The predicted molar refractivity (Wildman–Crippen MR) is 73.2 cm³/mol. The summed E-state index contributed by atoms with van der Waals surface area (Å²) in [5, 5.41) is 12.0. The number of rotatable bonds is 3. The summed E-state index contributed by atoms with van der Waals surface area (Å²) in [7, 11) is 0. The van der Waals surface area contributed by atoms with E-state index in [2.05, 4.69) is 15.8 Å². The molecule has 3 rings (SSSR count). The number of nitrogens with zero attached hydrogens (tertiary/aromatic N) is 1. The molecule has 0 spiro atoms. The second-order valence-corrected chi connectivity index (χ2v) is 4.38. The summed E-state index contributed by atoms with van der Waals surface area (Å²) in [6, 6.07) is 6.57. The summed E-state index contributed by atoms with van der Waals surface area (Å²) in [4.78, 5) is 20.8. The Bertz CT molecular complexity index is 634. The van der Waals surface area contributed by atoms with Crippen molar-refractivity contribution in [3.8, 4) is 0 Å². The van der Waals surface area contributed by atoms with Crippen LogP contribution in [0.15, 0.2) is 53.2 Å². The highest BCUT2D eigenvalue weighted by molar-refractivity contribution is 6.01. The second-order valence-electron chi connectivity index (χ2n) is 4.38. The van der Waals surface area contributed by atoms with Gasteiger partial charge in [0.25, 0.3) is 0 Å². The van der Waals surface area contributed by atoms with Crippen LogP contribution in [0.4, 0.5) is 0 Å². The van der Waals surface area contributed by atoms with Gasteiger partial charge >= 0.3 is 5.97 Å². The zero-order chi connectivity index (χ0) is 13.9. The van der Waals surface area contributed by atoms with E-state index < -0.39 is 12.2 Å². The predicted octanol–water partition coefficient (Wildman–Crippen LogP) is 1.04. The maximum absolute atomic E-state index is 11.0. The molecule has 0 saturated heterocycles. The van der Waals surface area contributed by atoms with Crippen molar-refractivity contribution in [1.29, 1.82) is 0 Å². The van der Waals surface area contributed by atoms with Crippen LogP contribution in [0.1, 0.15) is 15.9 Å². The second kappa shape index (κ2) is 5.18. The lowest BCUT2D eigenvalue weighted by Gasteiger charge is -2.11. The Morgan fingerprint density at radius 3 is 3.10 bits per heavy atom. The van der Waals surface area contributed by atoms with E-state index in [4.69, 9.17) is 9.94 Å². The van der Waals surface area contributed by atoms with Crippen molar-refractivity contribution < 1.29 is 14.7 Å². The maximum atomic E-state index is 11.0. The molecule has 20 heavy (non-hydrogen) atoms. The number of aromatic carboxylic acids is 1. The molecule has 3 N–H and O–H groups in total. The van der Waals surface area contributed by atoms with Crippen molar-refractivity contribution in [1.82, 2.24) is 10.8 Å². The minimum absolute atomic E-state index is 0.219. The van der Waals surface area contributed by atoms with Crippen LogP contribution >= 0.6 is 0 Å². The fraction of sp³-hybridized carbons (Fsp3) is 0.143. The molecule has 0 saturated carbocycles. The van der Waals surface area contributed by atoms with Gasteiger partial charge in [0, 0.05) is 17.7 Å². The molecule has 2 aliphatic heterocycles. The molecule has 0 aliphatic carbocycles. The minimum atomic E-state index is -0.966. The fourth-order valence-electron chi connectivity index (χ4n) is 2.01. The molecule has 0 aromatic heterocycles. The molecule has 1 aromatic carbocycles. The van der Waals surface area contributed by atoms with Crippen LogP contribution in [-0.4, -0.2) is 29.7 Å². The number of hydrogen-bond donors (Lipinski definition) is 3. The summed E-state index contributed by atoms with van der Waals surface area (Å²) >= 11 is 0. The van der Waals surface area contributed by atoms with Crippen LogP contribution in [-0.2, 0) is 4.84 Å². The van der Waals surface area contributed by atoms with Crippen molar-refractivity contribution in [2.24, 2.45) is 4.99 Å². The molecule has 2 aliphatic rings. The van der Waals surface area contributed by atoms with Gasteiger partial charge in [-0.1, -0.05) is 18.2 Å². The van der Waals surface area contributed by atoms with E-state index in [1.54, 1.807) is 18.2 Å². The van der Waals surface area contributed by atoms with Gasteiger partial charge in [0.1, 0.15) is 0 Å². The topological polar surface area (TPSA) is 83.0 Å². The van der Waals surface area contributed by atoms with Crippen LogP contribution in [0.5, 0.6) is 0 Å². The van der Waals surface area contributed by atoms with Gasteiger partial charge < -0.3 is 10.4 Å². The van der Waals surface area contributed by atoms with Gasteiger partial charge in [-0.2, -0.15) is 0 Å².